The molecule has 1 spiro atoms. The molecular weight excluding hydrogens is 542 g/mol. The molecule has 4 N–H and O–H groups in total. The van der Waals surface area contributed by atoms with Gasteiger partial charge in [0.25, 0.3) is 0 Å². The van der Waals surface area contributed by atoms with Crippen molar-refractivity contribution in [2.24, 2.45) is 5.41 Å². The number of benzene rings is 1. The van der Waals surface area contributed by atoms with Crippen molar-refractivity contribution >= 4 is 38.5 Å². The van der Waals surface area contributed by atoms with E-state index in [4.69, 9.17) is 31.7 Å². The second-order valence-electron chi connectivity index (χ2n) is 10.8. The Bertz CT molecular complexity index is 1410. The number of aliphatic hydroxyl groups excluding tert-OH is 2. The smallest absolute Gasteiger partial charge is 0.163 e. The zero-order chi connectivity index (χ0) is 28.7. The van der Waals surface area contributed by atoms with Crippen molar-refractivity contribution in [1.29, 1.82) is 5.41 Å². The number of ether oxygens (including phenoxy) is 1. The molecule has 1 aromatic carbocycles. The fourth-order valence-corrected chi connectivity index (χ4v) is 6.94. The van der Waals surface area contributed by atoms with E-state index in [0.29, 0.717) is 77.3 Å². The summed E-state index contributed by atoms with van der Waals surface area (Å²) in [6, 6.07) is 5.08. The average molecular weight is 578 g/mol. The molecule has 0 unspecified atom stereocenters. The molecule has 1 aromatic heterocycles. The highest BCUT2D eigenvalue weighted by atomic mass is 35.5. The van der Waals surface area contributed by atoms with Gasteiger partial charge in [0.15, 0.2) is 5.82 Å². The van der Waals surface area contributed by atoms with E-state index in [-0.39, 0.29) is 28.7 Å². The minimum Gasteiger partial charge on any atom is -0.512 e. The van der Waals surface area contributed by atoms with Gasteiger partial charge in [-0.2, -0.15) is 0 Å². The number of sulfone groups is 1. The lowest BCUT2D eigenvalue weighted by atomic mass is 9.63. The first-order valence-electron chi connectivity index (χ1n) is 12.8. The number of nitrogens with zero attached hydrogens (tertiary/aromatic N) is 3. The van der Waals surface area contributed by atoms with Crippen LogP contribution in [0.25, 0.3) is 17.0 Å². The lowest BCUT2D eigenvalue weighted by Gasteiger charge is -2.59. The quantitative estimate of drug-likeness (QED) is 0.246. The van der Waals surface area contributed by atoms with E-state index in [9.17, 15) is 18.6 Å². The summed E-state index contributed by atoms with van der Waals surface area (Å²) in [6.07, 6.45) is 1.88. The lowest BCUT2D eigenvalue weighted by molar-refractivity contribution is 0.0936. The van der Waals surface area contributed by atoms with Crippen molar-refractivity contribution in [2.45, 2.75) is 45.0 Å². The molecule has 2 heterocycles. The molecular formula is C27H36ClN5O5S. The van der Waals surface area contributed by atoms with Crippen LogP contribution in [0.3, 0.4) is 0 Å². The Hall–Kier alpha value is -2.73. The van der Waals surface area contributed by atoms with Crippen molar-refractivity contribution in [1.82, 2.24) is 15.3 Å². The molecule has 2 aromatic rings. The summed E-state index contributed by atoms with van der Waals surface area (Å²) < 4.78 is 29.7. The third kappa shape index (κ3) is 6.06. The minimum absolute atomic E-state index is 0.0297. The van der Waals surface area contributed by atoms with Gasteiger partial charge in [0, 0.05) is 48.1 Å². The molecule has 0 amide bonds. The van der Waals surface area contributed by atoms with Gasteiger partial charge in [-0.25, -0.2) is 18.4 Å². The molecule has 212 valence electrons. The number of nitrogens with one attached hydrogen (secondary N) is 2. The van der Waals surface area contributed by atoms with E-state index >= 15 is 0 Å². The van der Waals surface area contributed by atoms with E-state index in [1.54, 1.807) is 32.2 Å². The van der Waals surface area contributed by atoms with Crippen molar-refractivity contribution in [3.63, 3.8) is 0 Å². The topological polar surface area (TPSA) is 149 Å². The third-order valence-electron chi connectivity index (χ3n) is 7.43. The number of allylic oxidation sites excluding steroid dienone is 2. The summed E-state index contributed by atoms with van der Waals surface area (Å²) in [4.78, 5) is 11.7. The predicted molar refractivity (Wildman–Crippen MR) is 154 cm³/mol. The van der Waals surface area contributed by atoms with Crippen LogP contribution in [0.1, 0.15) is 37.9 Å². The first-order valence-corrected chi connectivity index (χ1v) is 15.1. The number of halogens is 1. The number of anilines is 1. The van der Waals surface area contributed by atoms with Crippen molar-refractivity contribution in [3.05, 3.63) is 40.2 Å². The van der Waals surface area contributed by atoms with E-state index in [2.05, 4.69) is 10.2 Å². The molecule has 12 heteroatoms. The molecule has 2 fully saturated rings. The average Bonchev–Trinajstić information content (AvgIpc) is 2.77. The summed E-state index contributed by atoms with van der Waals surface area (Å²) in [7, 11) is -1.31. The fourth-order valence-electron chi connectivity index (χ4n) is 5.43. The molecule has 1 aliphatic heterocycles. The second kappa shape index (κ2) is 11.0. The predicted octanol–water partition coefficient (Wildman–Crippen LogP) is 3.41. The van der Waals surface area contributed by atoms with Crippen LogP contribution in [-0.4, -0.2) is 85.2 Å². The Morgan fingerprint density at radius 3 is 2.54 bits per heavy atom. The number of hydrogen-bond donors (Lipinski definition) is 4. The van der Waals surface area contributed by atoms with Gasteiger partial charge >= 0.3 is 0 Å². The molecule has 2 aliphatic rings. The molecule has 0 bridgehead atoms. The summed E-state index contributed by atoms with van der Waals surface area (Å²) >= 11 is 6.59. The molecule has 10 nitrogen and oxygen atoms in total. The fraction of sp³-hybridized carbons (Fsp3) is 0.519. The van der Waals surface area contributed by atoms with Gasteiger partial charge in [-0.05, 0) is 58.9 Å². The van der Waals surface area contributed by atoms with E-state index in [1.165, 1.54) is 13.2 Å². The maximum atomic E-state index is 11.9. The normalized spacial score (nSPS) is 18.3. The number of aromatic nitrogens is 2. The van der Waals surface area contributed by atoms with Gasteiger partial charge in [-0.3, -0.25) is 0 Å². The summed E-state index contributed by atoms with van der Waals surface area (Å²) in [5, 5.41) is 31.8. The Labute approximate surface area is 234 Å². The molecule has 0 radical (unpaired) electrons. The molecule has 39 heavy (non-hydrogen) atoms. The van der Waals surface area contributed by atoms with Crippen molar-refractivity contribution in [3.8, 4) is 17.1 Å². The number of aliphatic hydroxyl groups is 2. The van der Waals surface area contributed by atoms with Crippen LogP contribution in [0.2, 0.25) is 5.02 Å². The van der Waals surface area contributed by atoms with Crippen LogP contribution in [0.4, 0.5) is 5.82 Å². The molecule has 1 atom stereocenters. The van der Waals surface area contributed by atoms with Gasteiger partial charge < -0.3 is 30.6 Å². The first-order chi connectivity index (χ1) is 18.2. The molecule has 4 rings (SSSR count). The number of hydrogen-bond acceptors (Lipinski definition) is 10. The maximum absolute atomic E-state index is 11.9. The van der Waals surface area contributed by atoms with E-state index in [1.807, 2.05) is 6.92 Å². The minimum atomic E-state index is -3.05. The van der Waals surface area contributed by atoms with Crippen molar-refractivity contribution < 1.29 is 23.4 Å². The van der Waals surface area contributed by atoms with Gasteiger partial charge in [0.05, 0.1) is 21.5 Å². The Morgan fingerprint density at radius 2 is 1.97 bits per heavy atom. The number of likely N-dealkylation sites (N-methyl/N-ethyl adjacent to an activating group) is 1. The third-order valence-corrected chi connectivity index (χ3v) is 9.31. The second-order valence-corrected chi connectivity index (χ2v) is 13.5. The maximum Gasteiger partial charge on any atom is 0.163 e. The summed E-state index contributed by atoms with van der Waals surface area (Å²) in [5.41, 5.74) is 2.07. The largest absolute Gasteiger partial charge is 0.512 e. The monoisotopic (exact) mass is 577 g/mol. The SMILES string of the molecule is CNC[C@@H](O)COc1ccc(Cl)c(-c2nc(/C(C(C)=N)=C(\C)O)c(C)c(N3CC4(CC(S(C)(=O)=O)C4)C3)n2)c1. The summed E-state index contributed by atoms with van der Waals surface area (Å²) in [6.45, 7) is 6.76. The van der Waals surface area contributed by atoms with Gasteiger partial charge in [-0.1, -0.05) is 11.6 Å². The zero-order valence-corrected chi connectivity index (χ0v) is 24.4. The van der Waals surface area contributed by atoms with Crippen molar-refractivity contribution in [2.75, 3.05) is 44.4 Å². The van der Waals surface area contributed by atoms with Crippen LogP contribution >= 0.6 is 11.6 Å². The Balaban J connectivity index is 1.72. The number of rotatable bonds is 10. The van der Waals surface area contributed by atoms with E-state index in [0.717, 1.165) is 0 Å². The first kappa shape index (κ1) is 29.3. The van der Waals surface area contributed by atoms with Crippen LogP contribution in [0.5, 0.6) is 5.75 Å². The lowest BCUT2D eigenvalue weighted by Crippen LogP contribution is -2.65. The van der Waals surface area contributed by atoms with Crippen LogP contribution in [0, 0.1) is 17.7 Å². The van der Waals surface area contributed by atoms with Gasteiger partial charge in [-0.15, -0.1) is 0 Å². The van der Waals surface area contributed by atoms with Crippen LogP contribution < -0.4 is 15.0 Å². The zero-order valence-electron chi connectivity index (χ0n) is 22.9. The van der Waals surface area contributed by atoms with Gasteiger partial charge in [0.2, 0.25) is 0 Å². The van der Waals surface area contributed by atoms with E-state index < -0.39 is 15.9 Å². The molecule has 1 saturated heterocycles. The Morgan fingerprint density at radius 1 is 1.31 bits per heavy atom. The van der Waals surface area contributed by atoms with Crippen LogP contribution in [0.15, 0.2) is 24.0 Å². The summed E-state index contributed by atoms with van der Waals surface area (Å²) in [5.74, 6) is 1.41. The standard InChI is InChI=1S/C27H36ClN5O5S/c1-15-24(23(16(2)29)17(3)34)31-25(21-8-19(6-7-22(21)28)38-12-18(35)11-30-4)32-26(15)33-13-27(14-33)9-20(10-27)39(5,36)37/h6-8,18,20,29-30,34-35H,9-14H2,1-5H3/b23-17+,29-16?/t18-/m1/s1. The highest BCUT2D eigenvalue weighted by molar-refractivity contribution is 7.91. The van der Waals surface area contributed by atoms with Gasteiger partial charge in [0.1, 0.15) is 39.9 Å². The molecule has 1 aliphatic carbocycles. The van der Waals surface area contributed by atoms with Crippen LogP contribution in [-0.2, 0) is 9.84 Å². The highest BCUT2D eigenvalue weighted by Gasteiger charge is 2.55. The highest BCUT2D eigenvalue weighted by Crippen LogP contribution is 2.52. The molecule has 1 saturated carbocycles. The Kier molecular flexibility index (Phi) is 8.28.